The zero-order chi connectivity index (χ0) is 20.9. The fourth-order valence-electron chi connectivity index (χ4n) is 3.95. The molecule has 1 aliphatic heterocycles. The quantitative estimate of drug-likeness (QED) is 0.770. The third kappa shape index (κ3) is 5.37. The Labute approximate surface area is 173 Å². The largest absolute Gasteiger partial charge is 0.490 e. The van der Waals surface area contributed by atoms with Gasteiger partial charge in [0.2, 0.25) is 11.8 Å². The van der Waals surface area contributed by atoms with Gasteiger partial charge in [0.1, 0.15) is 12.4 Å². The number of benzene rings is 2. The summed E-state index contributed by atoms with van der Waals surface area (Å²) in [5.74, 6) is 0.581. The molecule has 0 radical (unpaired) electrons. The van der Waals surface area contributed by atoms with Crippen molar-refractivity contribution in [2.75, 3.05) is 18.1 Å². The molecule has 1 unspecified atom stereocenters. The van der Waals surface area contributed by atoms with Gasteiger partial charge in [-0.25, -0.2) is 0 Å². The Morgan fingerprint density at radius 1 is 1.07 bits per heavy atom. The number of hydrogen-bond donors (Lipinski definition) is 1. The molecule has 2 aromatic rings. The van der Waals surface area contributed by atoms with E-state index in [-0.39, 0.29) is 36.1 Å². The monoisotopic (exact) mass is 394 g/mol. The molecular formula is C24H30N2O3. The number of ether oxygens (including phenoxy) is 1. The second-order valence-corrected chi connectivity index (χ2v) is 8.28. The average molecular weight is 395 g/mol. The van der Waals surface area contributed by atoms with E-state index in [2.05, 4.69) is 31.3 Å². The molecule has 1 aliphatic rings. The number of carbonyl (C=O) groups is 2. The summed E-state index contributed by atoms with van der Waals surface area (Å²) in [5, 5.41) is 3.05. The van der Waals surface area contributed by atoms with Crippen LogP contribution in [0.2, 0.25) is 0 Å². The summed E-state index contributed by atoms with van der Waals surface area (Å²) in [6, 6.07) is 17.9. The Balaban J connectivity index is 1.49. The molecule has 0 saturated carbocycles. The first kappa shape index (κ1) is 20.9. The highest BCUT2D eigenvalue weighted by atomic mass is 16.5. The molecule has 0 bridgehead atoms. The number of hydrogen-bond acceptors (Lipinski definition) is 3. The van der Waals surface area contributed by atoms with Crippen molar-refractivity contribution in [3.63, 3.8) is 0 Å². The zero-order valence-corrected chi connectivity index (χ0v) is 17.5. The van der Waals surface area contributed by atoms with Crippen molar-refractivity contribution in [3.05, 3.63) is 60.2 Å². The van der Waals surface area contributed by atoms with E-state index >= 15 is 0 Å². The van der Waals surface area contributed by atoms with Crippen molar-refractivity contribution < 1.29 is 14.3 Å². The van der Waals surface area contributed by atoms with Crippen LogP contribution in [0, 0.1) is 0 Å². The summed E-state index contributed by atoms with van der Waals surface area (Å²) in [7, 11) is 0. The molecule has 154 valence electrons. The highest BCUT2D eigenvalue weighted by Crippen LogP contribution is 2.31. The lowest BCUT2D eigenvalue weighted by Crippen LogP contribution is -2.40. The highest BCUT2D eigenvalue weighted by molar-refractivity contribution is 5.97. The van der Waals surface area contributed by atoms with E-state index in [1.54, 1.807) is 4.90 Å². The summed E-state index contributed by atoms with van der Waals surface area (Å²) in [5.41, 5.74) is 1.99. The minimum Gasteiger partial charge on any atom is -0.490 e. The zero-order valence-electron chi connectivity index (χ0n) is 17.5. The number of anilines is 1. The molecule has 0 saturated heterocycles. The molecule has 0 spiro atoms. The van der Waals surface area contributed by atoms with Gasteiger partial charge in [-0.05, 0) is 36.5 Å². The van der Waals surface area contributed by atoms with E-state index in [1.807, 2.05) is 49.4 Å². The molecule has 2 amide bonds. The number of fused-ring (bicyclic) bond motifs is 1. The predicted molar refractivity (Wildman–Crippen MR) is 115 cm³/mol. The third-order valence-electron chi connectivity index (χ3n) is 5.37. The van der Waals surface area contributed by atoms with Gasteiger partial charge >= 0.3 is 0 Å². The van der Waals surface area contributed by atoms with Crippen LogP contribution in [0.5, 0.6) is 5.75 Å². The molecule has 5 nitrogen and oxygen atoms in total. The summed E-state index contributed by atoms with van der Waals surface area (Å²) < 4.78 is 5.59. The summed E-state index contributed by atoms with van der Waals surface area (Å²) in [6.07, 6.45) is 1.21. The van der Waals surface area contributed by atoms with E-state index in [0.717, 1.165) is 12.1 Å². The first-order valence-corrected chi connectivity index (χ1v) is 10.2. The summed E-state index contributed by atoms with van der Waals surface area (Å²) >= 11 is 0. The van der Waals surface area contributed by atoms with Crippen LogP contribution in [-0.2, 0) is 15.0 Å². The van der Waals surface area contributed by atoms with Crippen LogP contribution in [0.4, 0.5) is 5.69 Å². The van der Waals surface area contributed by atoms with Crippen molar-refractivity contribution in [1.82, 2.24) is 5.32 Å². The Bertz CT molecular complexity index is 848. The van der Waals surface area contributed by atoms with Gasteiger partial charge in [-0.1, -0.05) is 56.3 Å². The number of amides is 2. The summed E-state index contributed by atoms with van der Waals surface area (Å²) in [4.78, 5) is 26.8. The third-order valence-corrected chi connectivity index (χ3v) is 5.37. The van der Waals surface area contributed by atoms with Gasteiger partial charge in [-0.15, -0.1) is 0 Å². The molecular weight excluding hydrogens is 364 g/mol. The lowest BCUT2D eigenvalue weighted by atomic mass is 9.79. The van der Waals surface area contributed by atoms with Crippen LogP contribution in [0.3, 0.4) is 0 Å². The molecule has 1 heterocycles. The molecule has 0 aromatic heterocycles. The van der Waals surface area contributed by atoms with E-state index < -0.39 is 0 Å². The van der Waals surface area contributed by atoms with Gasteiger partial charge in [0, 0.05) is 18.9 Å². The number of carbonyl (C=O) groups excluding carboxylic acids is 2. The van der Waals surface area contributed by atoms with Gasteiger partial charge in [0.25, 0.3) is 0 Å². The molecule has 3 rings (SSSR count). The van der Waals surface area contributed by atoms with Crippen LogP contribution in [0.15, 0.2) is 54.6 Å². The first-order chi connectivity index (χ1) is 13.9. The van der Waals surface area contributed by atoms with Gasteiger partial charge in [0.05, 0.1) is 12.2 Å². The second kappa shape index (κ2) is 9.12. The van der Waals surface area contributed by atoms with Crippen molar-refractivity contribution in [1.29, 1.82) is 0 Å². The smallest absolute Gasteiger partial charge is 0.227 e. The minimum atomic E-state index is -0.0868. The lowest BCUT2D eigenvalue weighted by Gasteiger charge is -2.30. The normalized spacial score (nSPS) is 14.5. The van der Waals surface area contributed by atoms with E-state index in [1.165, 1.54) is 5.56 Å². The van der Waals surface area contributed by atoms with Crippen LogP contribution in [0.1, 0.15) is 45.6 Å². The molecule has 29 heavy (non-hydrogen) atoms. The molecule has 2 aromatic carbocycles. The maximum Gasteiger partial charge on any atom is 0.227 e. The van der Waals surface area contributed by atoms with Crippen molar-refractivity contribution in [2.24, 2.45) is 0 Å². The molecule has 5 heteroatoms. The van der Waals surface area contributed by atoms with Crippen molar-refractivity contribution >= 4 is 17.5 Å². The maximum atomic E-state index is 12.7. The van der Waals surface area contributed by atoms with Crippen molar-refractivity contribution in [3.8, 4) is 5.75 Å². The number of nitrogens with zero attached hydrogens (tertiary/aromatic N) is 1. The Kier molecular flexibility index (Phi) is 6.57. The summed E-state index contributed by atoms with van der Waals surface area (Å²) in [6.45, 7) is 7.37. The molecule has 0 aliphatic carbocycles. The van der Waals surface area contributed by atoms with Crippen LogP contribution in [-0.4, -0.2) is 31.0 Å². The number of rotatable bonds is 7. The van der Waals surface area contributed by atoms with Gasteiger partial charge in [-0.2, -0.15) is 0 Å². The Morgan fingerprint density at radius 3 is 2.52 bits per heavy atom. The molecule has 1 atom stereocenters. The van der Waals surface area contributed by atoms with Crippen LogP contribution >= 0.6 is 0 Å². The number of para-hydroxylation sites is 2. The molecule has 0 fully saturated rings. The second-order valence-electron chi connectivity index (χ2n) is 8.28. The maximum absolute atomic E-state index is 12.7. The lowest BCUT2D eigenvalue weighted by molar-refractivity contribution is -0.125. The van der Waals surface area contributed by atoms with Gasteiger partial charge in [-0.3, -0.25) is 9.59 Å². The Morgan fingerprint density at radius 2 is 1.76 bits per heavy atom. The standard InChI is InChI=1S/C24H30N2O3/c1-18(17-24(2,3)19-9-5-4-6-10-19)25-22(27)13-14-23(28)26-15-16-29-21-12-8-7-11-20(21)26/h4-12,18H,13-17H2,1-3H3,(H,25,27). The van der Waals surface area contributed by atoms with Crippen LogP contribution in [0.25, 0.3) is 0 Å². The van der Waals surface area contributed by atoms with Gasteiger partial charge < -0.3 is 15.0 Å². The van der Waals surface area contributed by atoms with E-state index in [4.69, 9.17) is 4.74 Å². The van der Waals surface area contributed by atoms with Crippen molar-refractivity contribution in [2.45, 2.75) is 51.5 Å². The topological polar surface area (TPSA) is 58.6 Å². The Hall–Kier alpha value is -2.82. The fraction of sp³-hybridized carbons (Fsp3) is 0.417. The first-order valence-electron chi connectivity index (χ1n) is 10.2. The highest BCUT2D eigenvalue weighted by Gasteiger charge is 2.26. The minimum absolute atomic E-state index is 0.0249. The predicted octanol–water partition coefficient (Wildman–Crippen LogP) is 4.06. The number of nitrogens with one attached hydrogen (secondary N) is 1. The SMILES string of the molecule is CC(CC(C)(C)c1ccccc1)NC(=O)CCC(=O)N1CCOc2ccccc21. The molecule has 1 N–H and O–H groups in total. The van der Waals surface area contributed by atoms with E-state index in [9.17, 15) is 9.59 Å². The van der Waals surface area contributed by atoms with Gasteiger partial charge in [0.15, 0.2) is 0 Å². The van der Waals surface area contributed by atoms with Crippen LogP contribution < -0.4 is 15.0 Å². The fourth-order valence-corrected chi connectivity index (χ4v) is 3.95. The average Bonchev–Trinajstić information content (AvgIpc) is 2.71. The van der Waals surface area contributed by atoms with E-state index in [0.29, 0.717) is 18.9 Å².